The molecule has 0 radical (unpaired) electrons. The summed E-state index contributed by atoms with van der Waals surface area (Å²) >= 11 is 1.65. The van der Waals surface area contributed by atoms with Crippen molar-refractivity contribution in [3.05, 3.63) is 52.2 Å². The highest BCUT2D eigenvalue weighted by atomic mass is 32.1. The van der Waals surface area contributed by atoms with Crippen LogP contribution in [0.25, 0.3) is 0 Å². The van der Waals surface area contributed by atoms with Crippen LogP contribution in [-0.2, 0) is 11.2 Å². The summed E-state index contributed by atoms with van der Waals surface area (Å²) < 4.78 is 0. The minimum Gasteiger partial charge on any atom is -0.368 e. The highest BCUT2D eigenvalue weighted by molar-refractivity contribution is 7.07. The van der Waals surface area contributed by atoms with Gasteiger partial charge >= 0.3 is 0 Å². The molecule has 1 aliphatic heterocycles. The van der Waals surface area contributed by atoms with Crippen LogP contribution < -0.4 is 4.90 Å². The Bertz CT molecular complexity index is 601. The van der Waals surface area contributed by atoms with Crippen LogP contribution in [0.4, 0.5) is 5.69 Å². The molecule has 110 valence electrons. The second-order valence-corrected chi connectivity index (χ2v) is 6.24. The Morgan fingerprint density at radius 1 is 1.14 bits per heavy atom. The average Bonchev–Trinajstić information content (AvgIpc) is 3.01. The molecule has 1 fully saturated rings. The molecule has 1 amide bonds. The Morgan fingerprint density at radius 3 is 2.57 bits per heavy atom. The number of piperazine rings is 1. The normalized spacial score (nSPS) is 15.3. The third kappa shape index (κ3) is 3.27. The molecule has 1 aromatic heterocycles. The maximum atomic E-state index is 12.3. The number of amides is 1. The van der Waals surface area contributed by atoms with E-state index in [0.717, 1.165) is 31.7 Å². The lowest BCUT2D eigenvalue weighted by molar-refractivity contribution is -0.130. The van der Waals surface area contributed by atoms with E-state index in [4.69, 9.17) is 0 Å². The van der Waals surface area contributed by atoms with E-state index in [1.807, 2.05) is 16.3 Å². The molecular formula is C17H20N2OS. The summed E-state index contributed by atoms with van der Waals surface area (Å²) in [6, 6.07) is 10.5. The third-order valence-electron chi connectivity index (χ3n) is 4.02. The first kappa shape index (κ1) is 14.1. The summed E-state index contributed by atoms with van der Waals surface area (Å²) in [4.78, 5) is 16.7. The molecule has 0 saturated carbocycles. The second kappa shape index (κ2) is 6.31. The first-order valence-electron chi connectivity index (χ1n) is 7.33. The van der Waals surface area contributed by atoms with Gasteiger partial charge < -0.3 is 9.80 Å². The van der Waals surface area contributed by atoms with Crippen LogP contribution in [0.15, 0.2) is 41.1 Å². The van der Waals surface area contributed by atoms with Gasteiger partial charge in [-0.3, -0.25) is 4.79 Å². The maximum absolute atomic E-state index is 12.3. The summed E-state index contributed by atoms with van der Waals surface area (Å²) in [5, 5.41) is 4.08. The fourth-order valence-corrected chi connectivity index (χ4v) is 3.46. The van der Waals surface area contributed by atoms with Crippen LogP contribution in [0.1, 0.15) is 11.1 Å². The van der Waals surface area contributed by atoms with Gasteiger partial charge in [-0.2, -0.15) is 11.3 Å². The van der Waals surface area contributed by atoms with E-state index in [-0.39, 0.29) is 5.91 Å². The van der Waals surface area contributed by atoms with Crippen molar-refractivity contribution in [2.75, 3.05) is 31.1 Å². The first-order chi connectivity index (χ1) is 10.2. The van der Waals surface area contributed by atoms with Crippen LogP contribution in [0.3, 0.4) is 0 Å². The number of anilines is 1. The van der Waals surface area contributed by atoms with Gasteiger partial charge in [-0.05, 0) is 40.9 Å². The molecule has 3 rings (SSSR count). The quantitative estimate of drug-likeness (QED) is 0.870. The van der Waals surface area contributed by atoms with Gasteiger partial charge in [0, 0.05) is 31.9 Å². The van der Waals surface area contributed by atoms with Gasteiger partial charge in [-0.15, -0.1) is 0 Å². The van der Waals surface area contributed by atoms with Gasteiger partial charge in [0.05, 0.1) is 6.42 Å². The zero-order valence-corrected chi connectivity index (χ0v) is 13.1. The number of carbonyl (C=O) groups excluding carboxylic acids is 1. The van der Waals surface area contributed by atoms with Crippen LogP contribution in [0.5, 0.6) is 0 Å². The van der Waals surface area contributed by atoms with Crippen molar-refractivity contribution in [2.24, 2.45) is 0 Å². The predicted molar refractivity (Wildman–Crippen MR) is 88.0 cm³/mol. The van der Waals surface area contributed by atoms with Gasteiger partial charge in [0.1, 0.15) is 0 Å². The summed E-state index contributed by atoms with van der Waals surface area (Å²) in [5.41, 5.74) is 3.73. The molecule has 2 heterocycles. The zero-order chi connectivity index (χ0) is 14.7. The molecular weight excluding hydrogens is 280 g/mol. The minimum atomic E-state index is 0.248. The van der Waals surface area contributed by atoms with Gasteiger partial charge in [0.15, 0.2) is 0 Å². The van der Waals surface area contributed by atoms with Gasteiger partial charge in [0.25, 0.3) is 0 Å². The number of thiophene rings is 1. The van der Waals surface area contributed by atoms with Crippen molar-refractivity contribution in [3.63, 3.8) is 0 Å². The fourth-order valence-electron chi connectivity index (χ4n) is 2.79. The molecule has 0 N–H and O–H groups in total. The molecule has 21 heavy (non-hydrogen) atoms. The van der Waals surface area contributed by atoms with Crippen molar-refractivity contribution in [2.45, 2.75) is 13.3 Å². The number of rotatable bonds is 3. The molecule has 1 saturated heterocycles. The van der Waals surface area contributed by atoms with E-state index >= 15 is 0 Å². The van der Waals surface area contributed by atoms with Gasteiger partial charge in [0.2, 0.25) is 5.91 Å². The van der Waals surface area contributed by atoms with Crippen molar-refractivity contribution in [3.8, 4) is 0 Å². The van der Waals surface area contributed by atoms with Crippen molar-refractivity contribution >= 4 is 22.9 Å². The topological polar surface area (TPSA) is 23.6 Å². The van der Waals surface area contributed by atoms with Gasteiger partial charge in [-0.25, -0.2) is 0 Å². The van der Waals surface area contributed by atoms with Gasteiger partial charge in [-0.1, -0.05) is 18.2 Å². The maximum Gasteiger partial charge on any atom is 0.227 e. The Morgan fingerprint density at radius 2 is 1.90 bits per heavy atom. The van der Waals surface area contributed by atoms with Crippen LogP contribution in [0.2, 0.25) is 0 Å². The first-order valence-corrected chi connectivity index (χ1v) is 8.28. The monoisotopic (exact) mass is 300 g/mol. The largest absolute Gasteiger partial charge is 0.368 e. The molecule has 0 unspecified atom stereocenters. The van der Waals surface area contributed by atoms with Crippen molar-refractivity contribution < 1.29 is 4.79 Å². The zero-order valence-electron chi connectivity index (χ0n) is 12.3. The highest BCUT2D eigenvalue weighted by Crippen LogP contribution is 2.21. The number of para-hydroxylation sites is 1. The molecule has 0 atom stereocenters. The third-order valence-corrected chi connectivity index (χ3v) is 4.76. The van der Waals surface area contributed by atoms with Crippen molar-refractivity contribution in [1.82, 2.24) is 4.90 Å². The number of nitrogens with zero attached hydrogens (tertiary/aromatic N) is 2. The lowest BCUT2D eigenvalue weighted by Gasteiger charge is -2.36. The Labute approximate surface area is 129 Å². The molecule has 0 spiro atoms. The lowest BCUT2D eigenvalue weighted by atomic mass is 10.1. The van der Waals surface area contributed by atoms with Crippen LogP contribution >= 0.6 is 11.3 Å². The summed E-state index contributed by atoms with van der Waals surface area (Å²) in [7, 11) is 0. The van der Waals surface area contributed by atoms with E-state index in [1.54, 1.807) is 11.3 Å². The van der Waals surface area contributed by atoms with E-state index in [9.17, 15) is 4.79 Å². The number of carbonyl (C=O) groups is 1. The molecule has 0 aliphatic carbocycles. The summed E-state index contributed by atoms with van der Waals surface area (Å²) in [5.74, 6) is 0.248. The Balaban J connectivity index is 1.58. The Kier molecular flexibility index (Phi) is 4.25. The number of hydrogen-bond donors (Lipinski definition) is 0. The van der Waals surface area contributed by atoms with Crippen LogP contribution in [0, 0.1) is 6.92 Å². The molecule has 1 aliphatic rings. The minimum absolute atomic E-state index is 0.248. The SMILES string of the molecule is Cc1ccccc1N1CCN(C(=O)Cc2ccsc2)CC1. The number of hydrogen-bond acceptors (Lipinski definition) is 3. The lowest BCUT2D eigenvalue weighted by Crippen LogP contribution is -2.49. The number of benzene rings is 1. The van der Waals surface area contributed by atoms with Crippen LogP contribution in [-0.4, -0.2) is 37.0 Å². The second-order valence-electron chi connectivity index (χ2n) is 5.46. The summed E-state index contributed by atoms with van der Waals surface area (Å²) in [6.45, 7) is 5.61. The van der Waals surface area contributed by atoms with E-state index in [2.05, 4.69) is 41.5 Å². The van der Waals surface area contributed by atoms with E-state index in [0.29, 0.717) is 6.42 Å². The predicted octanol–water partition coefficient (Wildman–Crippen LogP) is 2.95. The van der Waals surface area contributed by atoms with E-state index < -0.39 is 0 Å². The number of aryl methyl sites for hydroxylation is 1. The average molecular weight is 300 g/mol. The summed E-state index contributed by atoms with van der Waals surface area (Å²) in [6.07, 6.45) is 0.536. The Hall–Kier alpha value is -1.81. The molecule has 3 nitrogen and oxygen atoms in total. The standard InChI is InChI=1S/C17H20N2OS/c1-14-4-2-3-5-16(14)18-7-9-19(10-8-18)17(20)12-15-6-11-21-13-15/h2-6,11,13H,7-10,12H2,1H3. The molecule has 0 bridgehead atoms. The molecule has 1 aromatic carbocycles. The molecule has 2 aromatic rings. The molecule has 4 heteroatoms. The van der Waals surface area contributed by atoms with Crippen molar-refractivity contribution in [1.29, 1.82) is 0 Å². The van der Waals surface area contributed by atoms with E-state index in [1.165, 1.54) is 11.3 Å². The fraction of sp³-hybridized carbons (Fsp3) is 0.353. The smallest absolute Gasteiger partial charge is 0.227 e. The highest BCUT2D eigenvalue weighted by Gasteiger charge is 2.21.